The van der Waals surface area contributed by atoms with E-state index in [0.717, 1.165) is 22.8 Å². The molecule has 0 saturated heterocycles. The second kappa shape index (κ2) is 5.68. The first-order valence-corrected chi connectivity index (χ1v) is 7.40. The van der Waals surface area contributed by atoms with Gasteiger partial charge in [-0.1, -0.05) is 36.4 Å². The average Bonchev–Trinajstić information content (AvgIpc) is 2.53. The van der Waals surface area contributed by atoms with Crippen molar-refractivity contribution in [2.24, 2.45) is 0 Å². The summed E-state index contributed by atoms with van der Waals surface area (Å²) in [5.74, 6) is 1.46. The van der Waals surface area contributed by atoms with Crippen LogP contribution in [0.5, 0.6) is 0 Å². The van der Waals surface area contributed by atoms with Gasteiger partial charge in [-0.25, -0.2) is 15.0 Å². The number of aromatic nitrogens is 3. The highest BCUT2D eigenvalue weighted by molar-refractivity contribution is 5.66. The lowest BCUT2D eigenvalue weighted by Crippen LogP contribution is -1.99. The minimum atomic E-state index is 0.729. The first-order valence-electron chi connectivity index (χ1n) is 7.40. The summed E-state index contributed by atoms with van der Waals surface area (Å²) in [6.45, 7) is 8.41. The Morgan fingerprint density at radius 3 is 1.55 bits per heavy atom. The molecule has 0 aliphatic heterocycles. The fourth-order valence-electron chi connectivity index (χ4n) is 2.54. The number of benzene rings is 2. The van der Waals surface area contributed by atoms with Crippen LogP contribution in [0.3, 0.4) is 0 Å². The molecule has 0 saturated carbocycles. The molecule has 1 aromatic heterocycles. The molecule has 2 aromatic carbocycles. The van der Waals surface area contributed by atoms with Crippen molar-refractivity contribution in [3.05, 3.63) is 65.0 Å². The Labute approximate surface area is 131 Å². The van der Waals surface area contributed by atoms with Crippen LogP contribution in [0, 0.1) is 27.7 Å². The first-order chi connectivity index (χ1) is 10.6. The zero-order chi connectivity index (χ0) is 15.7. The van der Waals surface area contributed by atoms with Gasteiger partial charge in [-0.15, -0.1) is 0 Å². The molecule has 3 nitrogen and oxygen atoms in total. The maximum atomic E-state index is 4.69. The molecule has 0 aliphatic rings. The molecule has 0 amide bonds. The molecular formula is C19H19N3. The molecule has 0 radical (unpaired) electrons. The van der Waals surface area contributed by atoms with E-state index in [1.807, 2.05) is 12.1 Å². The quantitative estimate of drug-likeness (QED) is 0.700. The Morgan fingerprint density at radius 1 is 0.636 bits per heavy atom. The van der Waals surface area contributed by atoms with E-state index >= 15 is 0 Å². The predicted octanol–water partition coefficient (Wildman–Crippen LogP) is 4.44. The van der Waals surface area contributed by atoms with Gasteiger partial charge in [-0.05, 0) is 49.9 Å². The lowest BCUT2D eigenvalue weighted by atomic mass is 10.0. The van der Waals surface area contributed by atoms with E-state index in [2.05, 4.69) is 61.9 Å². The molecule has 1 heterocycles. The zero-order valence-corrected chi connectivity index (χ0v) is 13.4. The van der Waals surface area contributed by atoms with E-state index in [1.54, 1.807) is 6.33 Å². The van der Waals surface area contributed by atoms with Gasteiger partial charge in [0.1, 0.15) is 6.33 Å². The zero-order valence-electron chi connectivity index (χ0n) is 13.4. The Morgan fingerprint density at radius 2 is 1.09 bits per heavy atom. The van der Waals surface area contributed by atoms with Crippen LogP contribution in [0.4, 0.5) is 0 Å². The number of nitrogens with zero attached hydrogens (tertiary/aromatic N) is 3. The Kier molecular flexibility index (Phi) is 3.72. The molecular weight excluding hydrogens is 270 g/mol. The summed E-state index contributed by atoms with van der Waals surface area (Å²) in [5.41, 5.74) is 7.03. The SMILES string of the molecule is Cc1cccc(-c2ncnc(-c3cccc(C)c3C)n2)c1C. The molecule has 110 valence electrons. The van der Waals surface area contributed by atoms with Gasteiger partial charge < -0.3 is 0 Å². The molecule has 0 fully saturated rings. The van der Waals surface area contributed by atoms with Crippen LogP contribution >= 0.6 is 0 Å². The van der Waals surface area contributed by atoms with Crippen LogP contribution in [-0.4, -0.2) is 15.0 Å². The summed E-state index contributed by atoms with van der Waals surface area (Å²) in [7, 11) is 0. The summed E-state index contributed by atoms with van der Waals surface area (Å²) in [4.78, 5) is 13.4. The molecule has 0 bridgehead atoms. The van der Waals surface area contributed by atoms with Crippen molar-refractivity contribution in [2.75, 3.05) is 0 Å². The third-order valence-electron chi connectivity index (χ3n) is 4.26. The summed E-state index contributed by atoms with van der Waals surface area (Å²) < 4.78 is 0. The van der Waals surface area contributed by atoms with Crippen molar-refractivity contribution in [3.63, 3.8) is 0 Å². The van der Waals surface area contributed by atoms with Gasteiger partial charge in [0.25, 0.3) is 0 Å². The fraction of sp³-hybridized carbons (Fsp3) is 0.211. The second-order valence-electron chi connectivity index (χ2n) is 5.63. The number of hydrogen-bond acceptors (Lipinski definition) is 3. The van der Waals surface area contributed by atoms with Crippen molar-refractivity contribution < 1.29 is 0 Å². The molecule has 0 atom stereocenters. The van der Waals surface area contributed by atoms with E-state index in [9.17, 15) is 0 Å². The van der Waals surface area contributed by atoms with Crippen LogP contribution in [0.15, 0.2) is 42.7 Å². The van der Waals surface area contributed by atoms with Crippen LogP contribution in [0.25, 0.3) is 22.8 Å². The third-order valence-corrected chi connectivity index (χ3v) is 4.26. The van der Waals surface area contributed by atoms with E-state index in [0.29, 0.717) is 0 Å². The monoisotopic (exact) mass is 289 g/mol. The number of hydrogen-bond donors (Lipinski definition) is 0. The summed E-state index contributed by atoms with van der Waals surface area (Å²) in [6.07, 6.45) is 1.60. The van der Waals surface area contributed by atoms with Crippen LogP contribution in [0.2, 0.25) is 0 Å². The Bertz CT molecular complexity index is 771. The normalized spacial score (nSPS) is 10.7. The van der Waals surface area contributed by atoms with Gasteiger partial charge in [-0.2, -0.15) is 0 Å². The minimum absolute atomic E-state index is 0.729. The third kappa shape index (κ3) is 2.50. The molecule has 22 heavy (non-hydrogen) atoms. The lowest BCUT2D eigenvalue weighted by Gasteiger charge is -2.10. The maximum Gasteiger partial charge on any atom is 0.163 e. The largest absolute Gasteiger partial charge is 0.216 e. The molecule has 0 N–H and O–H groups in total. The summed E-state index contributed by atoms with van der Waals surface area (Å²) in [5, 5.41) is 0. The topological polar surface area (TPSA) is 38.7 Å². The Balaban J connectivity index is 2.14. The van der Waals surface area contributed by atoms with E-state index in [1.165, 1.54) is 22.3 Å². The number of aryl methyl sites for hydroxylation is 2. The summed E-state index contributed by atoms with van der Waals surface area (Å²) >= 11 is 0. The van der Waals surface area contributed by atoms with Gasteiger partial charge in [0.15, 0.2) is 11.6 Å². The predicted molar refractivity (Wildman–Crippen MR) is 89.6 cm³/mol. The highest BCUT2D eigenvalue weighted by Gasteiger charge is 2.11. The molecule has 3 heteroatoms. The van der Waals surface area contributed by atoms with Crippen molar-refractivity contribution in [3.8, 4) is 22.8 Å². The summed E-state index contributed by atoms with van der Waals surface area (Å²) in [6, 6.07) is 12.4. The second-order valence-corrected chi connectivity index (χ2v) is 5.63. The maximum absolute atomic E-state index is 4.69. The van der Waals surface area contributed by atoms with Gasteiger partial charge in [0.2, 0.25) is 0 Å². The smallest absolute Gasteiger partial charge is 0.163 e. The van der Waals surface area contributed by atoms with Gasteiger partial charge >= 0.3 is 0 Å². The van der Waals surface area contributed by atoms with Gasteiger partial charge in [0, 0.05) is 11.1 Å². The number of rotatable bonds is 2. The van der Waals surface area contributed by atoms with Gasteiger partial charge in [0.05, 0.1) is 0 Å². The molecule has 0 unspecified atom stereocenters. The van der Waals surface area contributed by atoms with Crippen molar-refractivity contribution >= 4 is 0 Å². The molecule has 3 rings (SSSR count). The molecule has 3 aromatic rings. The first kappa shape index (κ1) is 14.4. The van der Waals surface area contributed by atoms with Gasteiger partial charge in [-0.3, -0.25) is 0 Å². The van der Waals surface area contributed by atoms with E-state index in [-0.39, 0.29) is 0 Å². The van der Waals surface area contributed by atoms with Crippen LogP contribution < -0.4 is 0 Å². The van der Waals surface area contributed by atoms with E-state index < -0.39 is 0 Å². The van der Waals surface area contributed by atoms with Crippen molar-refractivity contribution in [2.45, 2.75) is 27.7 Å². The highest BCUT2D eigenvalue weighted by atomic mass is 15.0. The van der Waals surface area contributed by atoms with Crippen LogP contribution in [0.1, 0.15) is 22.3 Å². The molecule has 0 spiro atoms. The highest BCUT2D eigenvalue weighted by Crippen LogP contribution is 2.26. The average molecular weight is 289 g/mol. The molecule has 0 aliphatic carbocycles. The lowest BCUT2D eigenvalue weighted by molar-refractivity contribution is 1.06. The van der Waals surface area contributed by atoms with E-state index in [4.69, 9.17) is 4.98 Å². The minimum Gasteiger partial charge on any atom is -0.216 e. The van der Waals surface area contributed by atoms with Crippen molar-refractivity contribution in [1.29, 1.82) is 0 Å². The van der Waals surface area contributed by atoms with Crippen molar-refractivity contribution in [1.82, 2.24) is 15.0 Å². The standard InChI is InChI=1S/C19H19N3/c1-12-7-5-9-16(14(12)3)18-20-11-21-19(22-18)17-10-6-8-13(2)15(17)4/h5-11H,1-4H3. The fourth-order valence-corrected chi connectivity index (χ4v) is 2.54. The Hall–Kier alpha value is -2.55. The van der Waals surface area contributed by atoms with Crippen LogP contribution in [-0.2, 0) is 0 Å².